The number of methoxy groups -OCH3 is 1. The van der Waals surface area contributed by atoms with Gasteiger partial charge in [0.05, 0.1) is 16.4 Å². The summed E-state index contributed by atoms with van der Waals surface area (Å²) in [5, 5.41) is 2.20. The zero-order chi connectivity index (χ0) is 18.0. The summed E-state index contributed by atoms with van der Waals surface area (Å²) in [5.74, 6) is -0.679. The Morgan fingerprint density at radius 2 is 1.80 bits per heavy atom. The minimum absolute atomic E-state index is 0.107. The molecular weight excluding hydrogens is 435 g/mol. The fourth-order valence-electron chi connectivity index (χ4n) is 2.41. The number of nitrogens with zero attached hydrogens (tertiary/aromatic N) is 1. The van der Waals surface area contributed by atoms with Crippen molar-refractivity contribution in [1.82, 2.24) is 5.32 Å². The molecule has 7 heteroatoms. The molecule has 1 saturated heterocycles. The first-order chi connectivity index (χ1) is 12.0. The maximum Gasteiger partial charge on any atom is 0.335 e. The number of imide groups is 2. The fourth-order valence-corrected chi connectivity index (χ4v) is 3.17. The van der Waals surface area contributed by atoms with Crippen molar-refractivity contribution in [2.24, 2.45) is 0 Å². The van der Waals surface area contributed by atoms with Crippen molar-refractivity contribution in [3.63, 3.8) is 0 Å². The Bertz CT molecular complexity index is 893. The van der Waals surface area contributed by atoms with E-state index in [-0.39, 0.29) is 5.57 Å². The van der Waals surface area contributed by atoms with Gasteiger partial charge >= 0.3 is 6.03 Å². The van der Waals surface area contributed by atoms with Gasteiger partial charge in [0.25, 0.3) is 11.8 Å². The van der Waals surface area contributed by atoms with Crippen LogP contribution in [-0.4, -0.2) is 25.0 Å². The van der Waals surface area contributed by atoms with E-state index in [4.69, 9.17) is 4.74 Å². The fraction of sp³-hybridized carbons (Fsp3) is 0.0556. The smallest absolute Gasteiger partial charge is 0.335 e. The van der Waals surface area contributed by atoms with Crippen LogP contribution in [0.1, 0.15) is 5.56 Å². The lowest BCUT2D eigenvalue weighted by Gasteiger charge is -2.26. The second-order valence-electron chi connectivity index (χ2n) is 5.19. The number of carbonyl (C=O) groups excluding carboxylic acids is 3. The molecule has 0 unspecified atom stereocenters. The summed E-state index contributed by atoms with van der Waals surface area (Å²) in [6, 6.07) is 13.0. The van der Waals surface area contributed by atoms with Gasteiger partial charge < -0.3 is 4.74 Å². The molecule has 6 nitrogen and oxygen atoms in total. The Labute approximate surface area is 157 Å². The number of barbiturate groups is 1. The summed E-state index contributed by atoms with van der Waals surface area (Å²) in [5.41, 5.74) is 0.947. The number of hydrogen-bond donors (Lipinski definition) is 1. The Morgan fingerprint density at radius 1 is 1.08 bits per heavy atom. The third-order valence-corrected chi connectivity index (χ3v) is 4.45. The summed E-state index contributed by atoms with van der Waals surface area (Å²) in [7, 11) is 1.57. The first-order valence-electron chi connectivity index (χ1n) is 7.31. The molecule has 0 aromatic heterocycles. The summed E-state index contributed by atoms with van der Waals surface area (Å²) in [6.07, 6.45) is 1.46. The molecule has 1 aliphatic rings. The van der Waals surface area contributed by atoms with Gasteiger partial charge in [0.2, 0.25) is 0 Å². The number of rotatable bonds is 3. The van der Waals surface area contributed by atoms with Crippen LogP contribution in [0.25, 0.3) is 6.08 Å². The molecular formula is C18H13IN2O4. The highest BCUT2D eigenvalue weighted by Gasteiger charge is 2.36. The molecule has 1 N–H and O–H groups in total. The largest absolute Gasteiger partial charge is 0.496 e. The lowest BCUT2D eigenvalue weighted by atomic mass is 10.1. The van der Waals surface area contributed by atoms with Gasteiger partial charge in [0, 0.05) is 0 Å². The maximum absolute atomic E-state index is 12.7. The van der Waals surface area contributed by atoms with Gasteiger partial charge in [0.1, 0.15) is 11.3 Å². The topological polar surface area (TPSA) is 75.7 Å². The second kappa shape index (κ2) is 7.06. The standard InChI is InChI=1S/C18H13IN2O4/c1-25-15-8-7-11(10-14(15)19)9-13-16(22)20-18(24)21(17(13)23)12-5-3-2-4-6-12/h2-10H,1H3,(H,20,22,24). The number of nitrogens with one attached hydrogen (secondary N) is 1. The molecule has 0 radical (unpaired) electrons. The van der Waals surface area contributed by atoms with Crippen molar-refractivity contribution in [3.05, 3.63) is 63.2 Å². The quantitative estimate of drug-likeness (QED) is 0.445. The van der Waals surface area contributed by atoms with Crippen LogP contribution in [0, 0.1) is 3.57 Å². The SMILES string of the molecule is COc1ccc(C=C2C(=O)NC(=O)N(c3ccccc3)C2=O)cc1I. The van der Waals surface area contributed by atoms with Crippen molar-refractivity contribution in [2.45, 2.75) is 0 Å². The van der Waals surface area contributed by atoms with Gasteiger partial charge in [-0.2, -0.15) is 0 Å². The van der Waals surface area contributed by atoms with Gasteiger partial charge in [-0.05, 0) is 58.5 Å². The third kappa shape index (κ3) is 3.41. The van der Waals surface area contributed by atoms with Gasteiger partial charge in [-0.1, -0.05) is 24.3 Å². The number of amides is 4. The number of para-hydroxylation sites is 1. The lowest BCUT2D eigenvalue weighted by molar-refractivity contribution is -0.122. The highest BCUT2D eigenvalue weighted by molar-refractivity contribution is 14.1. The number of ether oxygens (including phenoxy) is 1. The highest BCUT2D eigenvalue weighted by Crippen LogP contribution is 2.25. The molecule has 0 aliphatic carbocycles. The van der Waals surface area contributed by atoms with E-state index in [0.717, 1.165) is 8.47 Å². The molecule has 2 aromatic carbocycles. The average Bonchev–Trinajstić information content (AvgIpc) is 2.59. The second-order valence-corrected chi connectivity index (χ2v) is 6.35. The molecule has 0 bridgehead atoms. The van der Waals surface area contributed by atoms with Crippen LogP contribution in [0.2, 0.25) is 0 Å². The molecule has 0 saturated carbocycles. The zero-order valence-electron chi connectivity index (χ0n) is 13.2. The Morgan fingerprint density at radius 3 is 2.44 bits per heavy atom. The molecule has 2 aromatic rings. The lowest BCUT2D eigenvalue weighted by Crippen LogP contribution is -2.54. The monoisotopic (exact) mass is 448 g/mol. The molecule has 126 valence electrons. The number of anilines is 1. The van der Waals surface area contributed by atoms with Crippen molar-refractivity contribution in [2.75, 3.05) is 12.0 Å². The zero-order valence-corrected chi connectivity index (χ0v) is 15.3. The van der Waals surface area contributed by atoms with Crippen LogP contribution < -0.4 is 15.0 Å². The minimum atomic E-state index is -0.761. The molecule has 25 heavy (non-hydrogen) atoms. The van der Waals surface area contributed by atoms with Crippen LogP contribution in [0.5, 0.6) is 5.75 Å². The third-order valence-electron chi connectivity index (χ3n) is 3.60. The van der Waals surface area contributed by atoms with Crippen molar-refractivity contribution < 1.29 is 19.1 Å². The number of halogens is 1. The molecule has 4 amide bonds. The van der Waals surface area contributed by atoms with E-state index >= 15 is 0 Å². The molecule has 1 heterocycles. The number of carbonyl (C=O) groups is 3. The molecule has 0 atom stereocenters. The van der Waals surface area contributed by atoms with Gasteiger partial charge in [-0.25, -0.2) is 9.69 Å². The van der Waals surface area contributed by atoms with Crippen molar-refractivity contribution in [1.29, 1.82) is 0 Å². The van der Waals surface area contributed by atoms with Crippen LogP contribution >= 0.6 is 22.6 Å². The van der Waals surface area contributed by atoms with Crippen LogP contribution in [0.15, 0.2) is 54.1 Å². The summed E-state index contributed by atoms with van der Waals surface area (Å²) < 4.78 is 6.04. The van der Waals surface area contributed by atoms with E-state index in [1.807, 2.05) is 0 Å². The predicted octanol–water partition coefficient (Wildman–Crippen LogP) is 2.97. The Balaban J connectivity index is 2.00. The van der Waals surface area contributed by atoms with Crippen LogP contribution in [0.4, 0.5) is 10.5 Å². The average molecular weight is 448 g/mol. The summed E-state index contributed by atoms with van der Waals surface area (Å²) in [6.45, 7) is 0. The van der Waals surface area contributed by atoms with Crippen LogP contribution in [-0.2, 0) is 9.59 Å². The Hall–Kier alpha value is -2.68. The first-order valence-corrected chi connectivity index (χ1v) is 8.39. The van der Waals surface area contributed by atoms with Gasteiger partial charge in [-0.15, -0.1) is 0 Å². The predicted molar refractivity (Wildman–Crippen MR) is 101 cm³/mol. The van der Waals surface area contributed by atoms with Gasteiger partial charge in [0.15, 0.2) is 0 Å². The highest BCUT2D eigenvalue weighted by atomic mass is 127. The summed E-state index contributed by atoms with van der Waals surface area (Å²) in [4.78, 5) is 37.9. The Kier molecular flexibility index (Phi) is 4.84. The van der Waals surface area contributed by atoms with E-state index in [2.05, 4.69) is 27.9 Å². The van der Waals surface area contributed by atoms with Gasteiger partial charge in [-0.3, -0.25) is 14.9 Å². The maximum atomic E-state index is 12.7. The summed E-state index contributed by atoms with van der Waals surface area (Å²) >= 11 is 2.10. The molecule has 3 rings (SSSR count). The normalized spacial score (nSPS) is 16.2. The van der Waals surface area contributed by atoms with E-state index in [0.29, 0.717) is 17.0 Å². The molecule has 1 aliphatic heterocycles. The van der Waals surface area contributed by atoms with Crippen molar-refractivity contribution >= 4 is 52.2 Å². The van der Waals surface area contributed by atoms with E-state index < -0.39 is 17.8 Å². The minimum Gasteiger partial charge on any atom is -0.496 e. The number of hydrogen-bond acceptors (Lipinski definition) is 4. The molecule has 1 fully saturated rings. The molecule has 0 spiro atoms. The van der Waals surface area contributed by atoms with Crippen molar-refractivity contribution in [3.8, 4) is 5.75 Å². The first kappa shape index (κ1) is 17.2. The van der Waals surface area contributed by atoms with E-state index in [1.54, 1.807) is 55.6 Å². The van der Waals surface area contributed by atoms with Crippen LogP contribution in [0.3, 0.4) is 0 Å². The van der Waals surface area contributed by atoms with E-state index in [1.165, 1.54) is 6.08 Å². The number of urea groups is 1. The number of benzene rings is 2. The van der Waals surface area contributed by atoms with E-state index in [9.17, 15) is 14.4 Å².